The van der Waals surface area contributed by atoms with Crippen molar-refractivity contribution in [3.05, 3.63) is 91.9 Å². The molecular weight excluding hydrogens is 664 g/mol. The van der Waals surface area contributed by atoms with Crippen LogP contribution in [-0.2, 0) is 9.53 Å². The number of allylic oxidation sites excluding steroid dienone is 1. The van der Waals surface area contributed by atoms with Crippen LogP contribution in [0.4, 0.5) is 0 Å². The third-order valence-electron chi connectivity index (χ3n) is 5.31. The summed E-state index contributed by atoms with van der Waals surface area (Å²) >= 11 is 11.8. The van der Waals surface area contributed by atoms with E-state index >= 15 is 0 Å². The lowest BCUT2D eigenvalue weighted by Gasteiger charge is -2.24. The second kappa shape index (κ2) is 10.9. The van der Waals surface area contributed by atoms with Crippen molar-refractivity contribution in [1.82, 2.24) is 4.57 Å². The Balaban J connectivity index is 1.91. The SMILES string of the molecule is CCOC(=O)C1=C(C)N=c2s/c(=C\c3cc(Br)c(OCC)c(Br)c3)c(=O)n2[C@@H]1c1ccc(Br)cc1. The van der Waals surface area contributed by atoms with Crippen LogP contribution in [0.2, 0.25) is 0 Å². The minimum Gasteiger partial charge on any atom is -0.492 e. The second-order valence-electron chi connectivity index (χ2n) is 7.60. The molecule has 4 rings (SSSR count). The zero-order valence-corrected chi connectivity index (χ0v) is 24.7. The third-order valence-corrected chi connectivity index (χ3v) is 8.00. The van der Waals surface area contributed by atoms with E-state index in [-0.39, 0.29) is 12.2 Å². The number of halogens is 3. The van der Waals surface area contributed by atoms with Crippen molar-refractivity contribution in [3.8, 4) is 5.75 Å². The molecule has 1 aliphatic heterocycles. The topological polar surface area (TPSA) is 69.9 Å². The van der Waals surface area contributed by atoms with Crippen LogP contribution in [0.5, 0.6) is 5.75 Å². The fourth-order valence-corrected chi connectivity index (χ4v) is 6.61. The molecule has 182 valence electrons. The van der Waals surface area contributed by atoms with Gasteiger partial charge in [0.25, 0.3) is 5.56 Å². The van der Waals surface area contributed by atoms with Crippen molar-refractivity contribution in [3.63, 3.8) is 0 Å². The highest BCUT2D eigenvalue weighted by atomic mass is 79.9. The normalized spacial score (nSPS) is 15.6. The molecule has 3 aromatic rings. The minimum atomic E-state index is -0.639. The maximum atomic E-state index is 13.7. The first-order chi connectivity index (χ1) is 16.7. The number of esters is 1. The monoisotopic (exact) mass is 682 g/mol. The van der Waals surface area contributed by atoms with Crippen LogP contribution in [0, 0.1) is 0 Å². The Hall–Kier alpha value is -2.01. The first-order valence-electron chi connectivity index (χ1n) is 10.8. The lowest BCUT2D eigenvalue weighted by molar-refractivity contribution is -0.139. The Bertz CT molecular complexity index is 1480. The third kappa shape index (κ3) is 5.26. The van der Waals surface area contributed by atoms with Crippen molar-refractivity contribution in [2.45, 2.75) is 26.8 Å². The highest BCUT2D eigenvalue weighted by Crippen LogP contribution is 2.35. The van der Waals surface area contributed by atoms with E-state index in [9.17, 15) is 9.59 Å². The average molecular weight is 685 g/mol. The first kappa shape index (κ1) is 26.1. The summed E-state index contributed by atoms with van der Waals surface area (Å²) in [7, 11) is 0. The number of carbonyl (C=O) groups excluding carboxylic acids is 1. The Morgan fingerprint density at radius 1 is 1.11 bits per heavy atom. The molecule has 2 aromatic carbocycles. The van der Waals surface area contributed by atoms with Crippen LogP contribution in [0.25, 0.3) is 6.08 Å². The van der Waals surface area contributed by atoms with E-state index in [1.807, 2.05) is 49.4 Å². The minimum absolute atomic E-state index is 0.225. The number of hydrogen-bond acceptors (Lipinski definition) is 6. The predicted molar refractivity (Wildman–Crippen MR) is 148 cm³/mol. The molecule has 0 spiro atoms. The molecular formula is C25H21Br3N2O4S. The Morgan fingerprint density at radius 3 is 2.37 bits per heavy atom. The lowest BCUT2D eigenvalue weighted by atomic mass is 9.96. The standard InChI is InChI=1S/C25H21Br3N2O4S/c1-4-33-22-17(27)10-14(11-18(22)28)12-19-23(31)30-21(15-6-8-16(26)9-7-15)20(24(32)34-5-2)13(3)29-25(30)35-19/h6-12,21H,4-5H2,1-3H3/b19-12-/t21-/m1/s1. The van der Waals surface area contributed by atoms with E-state index < -0.39 is 12.0 Å². The zero-order valence-electron chi connectivity index (χ0n) is 19.1. The van der Waals surface area contributed by atoms with Gasteiger partial charge in [-0.15, -0.1) is 0 Å². The van der Waals surface area contributed by atoms with Crippen LogP contribution in [0.15, 0.2) is 70.9 Å². The van der Waals surface area contributed by atoms with Gasteiger partial charge in [0.2, 0.25) is 0 Å². The van der Waals surface area contributed by atoms with E-state index in [1.54, 1.807) is 18.4 Å². The molecule has 0 bridgehead atoms. The van der Waals surface area contributed by atoms with Crippen LogP contribution in [0.1, 0.15) is 37.9 Å². The largest absolute Gasteiger partial charge is 0.492 e. The molecule has 2 heterocycles. The van der Waals surface area contributed by atoms with Gasteiger partial charge < -0.3 is 9.47 Å². The summed E-state index contributed by atoms with van der Waals surface area (Å²) in [6.07, 6.45) is 1.82. The Morgan fingerprint density at radius 2 is 1.77 bits per heavy atom. The van der Waals surface area contributed by atoms with Crippen LogP contribution in [-0.4, -0.2) is 23.8 Å². The smallest absolute Gasteiger partial charge is 0.338 e. The Kier molecular flexibility index (Phi) is 8.15. The second-order valence-corrected chi connectivity index (χ2v) is 11.2. The van der Waals surface area contributed by atoms with Gasteiger partial charge in [-0.05, 0) is 94.1 Å². The van der Waals surface area contributed by atoms with Crippen molar-refractivity contribution >= 4 is 71.2 Å². The number of benzene rings is 2. The highest BCUT2D eigenvalue weighted by molar-refractivity contribution is 9.11. The molecule has 0 N–H and O–H groups in total. The summed E-state index contributed by atoms with van der Waals surface area (Å²) in [5.74, 6) is 0.228. The number of thiazole rings is 1. The molecule has 6 nitrogen and oxygen atoms in total. The zero-order chi connectivity index (χ0) is 25.3. The number of nitrogens with zero attached hydrogens (tertiary/aromatic N) is 2. The number of hydrogen-bond donors (Lipinski definition) is 0. The molecule has 1 atom stereocenters. The summed E-state index contributed by atoms with van der Waals surface area (Å²) in [6.45, 7) is 6.21. The molecule has 0 unspecified atom stereocenters. The molecule has 1 aliphatic rings. The molecule has 0 aliphatic carbocycles. The number of carbonyl (C=O) groups is 1. The van der Waals surface area contributed by atoms with E-state index in [1.165, 1.54) is 11.3 Å². The molecule has 35 heavy (non-hydrogen) atoms. The van der Waals surface area contributed by atoms with Gasteiger partial charge in [-0.2, -0.15) is 0 Å². The van der Waals surface area contributed by atoms with Gasteiger partial charge >= 0.3 is 5.97 Å². The van der Waals surface area contributed by atoms with Crippen molar-refractivity contribution < 1.29 is 14.3 Å². The summed E-state index contributed by atoms with van der Waals surface area (Å²) in [5, 5.41) is 0. The van der Waals surface area contributed by atoms with Gasteiger partial charge in [0.15, 0.2) is 4.80 Å². The quantitative estimate of drug-likeness (QED) is 0.323. The Labute approximate surface area is 231 Å². The van der Waals surface area contributed by atoms with Gasteiger partial charge in [0, 0.05) is 4.47 Å². The first-order valence-corrected chi connectivity index (χ1v) is 14.0. The van der Waals surface area contributed by atoms with E-state index in [4.69, 9.17) is 9.47 Å². The van der Waals surface area contributed by atoms with Crippen molar-refractivity contribution in [1.29, 1.82) is 0 Å². The van der Waals surface area contributed by atoms with Gasteiger partial charge in [-0.25, -0.2) is 9.79 Å². The fraction of sp³-hybridized carbons (Fsp3) is 0.240. The van der Waals surface area contributed by atoms with E-state index in [0.717, 1.165) is 24.5 Å². The van der Waals surface area contributed by atoms with Crippen LogP contribution in [0.3, 0.4) is 0 Å². The fourth-order valence-electron chi connectivity index (χ4n) is 3.85. The molecule has 10 heteroatoms. The lowest BCUT2D eigenvalue weighted by Crippen LogP contribution is -2.39. The maximum absolute atomic E-state index is 13.7. The van der Waals surface area contributed by atoms with Crippen molar-refractivity contribution in [2.75, 3.05) is 13.2 Å². The molecule has 0 fully saturated rings. The van der Waals surface area contributed by atoms with Crippen molar-refractivity contribution in [2.24, 2.45) is 4.99 Å². The summed E-state index contributed by atoms with van der Waals surface area (Å²) in [4.78, 5) is 31.8. The van der Waals surface area contributed by atoms with Crippen LogP contribution < -0.4 is 19.6 Å². The van der Waals surface area contributed by atoms with E-state index in [0.29, 0.717) is 33.0 Å². The number of ether oxygens (including phenoxy) is 2. The molecule has 0 amide bonds. The number of fused-ring (bicyclic) bond motifs is 1. The van der Waals surface area contributed by atoms with Gasteiger partial charge in [-0.3, -0.25) is 9.36 Å². The van der Waals surface area contributed by atoms with Crippen LogP contribution >= 0.6 is 59.1 Å². The molecule has 1 aromatic heterocycles. The maximum Gasteiger partial charge on any atom is 0.338 e. The molecule has 0 radical (unpaired) electrons. The number of aromatic nitrogens is 1. The summed E-state index contributed by atoms with van der Waals surface area (Å²) in [6, 6.07) is 10.7. The summed E-state index contributed by atoms with van der Waals surface area (Å²) < 4.78 is 15.5. The van der Waals surface area contributed by atoms with Gasteiger partial charge in [0.1, 0.15) is 5.75 Å². The summed E-state index contributed by atoms with van der Waals surface area (Å²) in [5.41, 5.74) is 2.29. The average Bonchev–Trinajstić information content (AvgIpc) is 3.10. The predicted octanol–water partition coefficient (Wildman–Crippen LogP) is 5.48. The van der Waals surface area contributed by atoms with Gasteiger partial charge in [-0.1, -0.05) is 39.4 Å². The highest BCUT2D eigenvalue weighted by Gasteiger charge is 2.33. The molecule has 0 saturated carbocycles. The molecule has 0 saturated heterocycles. The van der Waals surface area contributed by atoms with E-state index in [2.05, 4.69) is 52.8 Å². The van der Waals surface area contributed by atoms with Gasteiger partial charge in [0.05, 0.1) is 44.0 Å². The number of rotatable bonds is 6.